The summed E-state index contributed by atoms with van der Waals surface area (Å²) < 4.78 is 11.0. The van der Waals surface area contributed by atoms with Gasteiger partial charge >= 0.3 is 0 Å². The monoisotopic (exact) mass is 449 g/mol. The number of carbonyl (C=O) groups is 2. The Hall–Kier alpha value is -3.28. The smallest absolute Gasteiger partial charge is 0.295 e. The van der Waals surface area contributed by atoms with Crippen molar-refractivity contribution in [3.8, 4) is 11.5 Å². The largest absolute Gasteiger partial charge is 0.507 e. The van der Waals surface area contributed by atoms with E-state index < -0.39 is 17.7 Å². The van der Waals surface area contributed by atoms with Gasteiger partial charge in [-0.05, 0) is 68.1 Å². The Morgan fingerprint density at radius 3 is 2.52 bits per heavy atom. The van der Waals surface area contributed by atoms with Crippen LogP contribution < -0.4 is 9.47 Å². The fourth-order valence-corrected chi connectivity index (χ4v) is 5.04. The van der Waals surface area contributed by atoms with Gasteiger partial charge in [0.2, 0.25) is 0 Å². The molecule has 0 radical (unpaired) electrons. The molecular weight excluding hydrogens is 418 g/mol. The second kappa shape index (κ2) is 9.69. The summed E-state index contributed by atoms with van der Waals surface area (Å²) in [5, 5.41) is 11.3. The molecule has 0 bridgehead atoms. The van der Waals surface area contributed by atoms with Crippen molar-refractivity contribution in [2.75, 3.05) is 13.7 Å². The number of rotatable bonds is 6. The van der Waals surface area contributed by atoms with Crippen molar-refractivity contribution in [2.45, 2.75) is 58.0 Å². The zero-order valence-electron chi connectivity index (χ0n) is 19.5. The van der Waals surface area contributed by atoms with Crippen molar-refractivity contribution in [2.24, 2.45) is 0 Å². The van der Waals surface area contributed by atoms with E-state index in [2.05, 4.69) is 0 Å². The molecule has 2 aromatic rings. The van der Waals surface area contributed by atoms with E-state index in [9.17, 15) is 14.7 Å². The number of aliphatic hydroxyl groups excluding tert-OH is 1. The number of ether oxygens (including phenoxy) is 2. The Morgan fingerprint density at radius 2 is 1.85 bits per heavy atom. The van der Waals surface area contributed by atoms with Gasteiger partial charge in [-0.2, -0.15) is 0 Å². The van der Waals surface area contributed by atoms with Gasteiger partial charge in [-0.3, -0.25) is 9.59 Å². The summed E-state index contributed by atoms with van der Waals surface area (Å²) >= 11 is 0. The van der Waals surface area contributed by atoms with Gasteiger partial charge in [0.05, 0.1) is 25.3 Å². The highest BCUT2D eigenvalue weighted by atomic mass is 16.5. The lowest BCUT2D eigenvalue weighted by Crippen LogP contribution is -2.40. The van der Waals surface area contributed by atoms with E-state index >= 15 is 0 Å². The van der Waals surface area contributed by atoms with Crippen LogP contribution >= 0.6 is 0 Å². The highest BCUT2D eigenvalue weighted by molar-refractivity contribution is 6.46. The van der Waals surface area contributed by atoms with E-state index in [1.54, 1.807) is 30.2 Å². The molecule has 174 valence electrons. The number of hydrogen-bond acceptors (Lipinski definition) is 5. The lowest BCUT2D eigenvalue weighted by atomic mass is 9.90. The first kappa shape index (κ1) is 22.9. The third-order valence-electron chi connectivity index (χ3n) is 6.60. The molecule has 1 amide bonds. The van der Waals surface area contributed by atoms with Crippen LogP contribution in [-0.2, 0) is 9.59 Å². The van der Waals surface area contributed by atoms with E-state index in [1.165, 1.54) is 0 Å². The number of methoxy groups -OCH3 is 1. The molecule has 2 aliphatic rings. The fraction of sp³-hybridized carbons (Fsp3) is 0.407. The maximum absolute atomic E-state index is 13.3. The standard InChI is InChI=1S/C27H31NO5/c1-4-33-21-12-8-9-18(16-21)24-23(25(29)19-13-14-22(32-3)17(2)15-19)26(30)27(31)28(24)20-10-6-5-7-11-20/h8-9,12-16,20,24,29H,4-7,10-11H2,1-3H3/b25-23+. The quantitative estimate of drug-likeness (QED) is 0.375. The number of ketones is 1. The summed E-state index contributed by atoms with van der Waals surface area (Å²) in [7, 11) is 1.59. The summed E-state index contributed by atoms with van der Waals surface area (Å²) in [5.74, 6) is 0.0165. The second-order valence-corrected chi connectivity index (χ2v) is 8.69. The Morgan fingerprint density at radius 1 is 1.09 bits per heavy atom. The Labute approximate surface area is 194 Å². The molecule has 33 heavy (non-hydrogen) atoms. The lowest BCUT2D eigenvalue weighted by Gasteiger charge is -2.35. The van der Waals surface area contributed by atoms with Crippen molar-refractivity contribution < 1.29 is 24.2 Å². The molecule has 4 rings (SSSR count). The van der Waals surface area contributed by atoms with Gasteiger partial charge in [0.25, 0.3) is 11.7 Å². The molecule has 2 aromatic carbocycles. The highest BCUT2D eigenvalue weighted by Gasteiger charge is 2.49. The first-order valence-electron chi connectivity index (χ1n) is 11.6. The van der Waals surface area contributed by atoms with Crippen LogP contribution in [0.2, 0.25) is 0 Å². The van der Waals surface area contributed by atoms with Crippen LogP contribution in [0.5, 0.6) is 11.5 Å². The lowest BCUT2D eigenvalue weighted by molar-refractivity contribution is -0.141. The molecule has 1 atom stereocenters. The summed E-state index contributed by atoms with van der Waals surface area (Å²) in [6, 6.07) is 12.0. The van der Waals surface area contributed by atoms with Gasteiger partial charge in [0.1, 0.15) is 17.3 Å². The number of nitrogens with zero attached hydrogens (tertiary/aromatic N) is 1. The average Bonchev–Trinajstić information content (AvgIpc) is 3.10. The zero-order valence-corrected chi connectivity index (χ0v) is 19.5. The molecule has 1 N–H and O–H groups in total. The third-order valence-corrected chi connectivity index (χ3v) is 6.60. The minimum Gasteiger partial charge on any atom is -0.507 e. The zero-order chi connectivity index (χ0) is 23.5. The number of benzene rings is 2. The number of aliphatic hydroxyl groups is 1. The maximum Gasteiger partial charge on any atom is 0.295 e. The van der Waals surface area contributed by atoms with Crippen LogP contribution in [0, 0.1) is 6.92 Å². The van der Waals surface area contributed by atoms with Crippen molar-refractivity contribution in [1.82, 2.24) is 4.90 Å². The topological polar surface area (TPSA) is 76.1 Å². The van der Waals surface area contributed by atoms with Crippen molar-refractivity contribution in [3.63, 3.8) is 0 Å². The highest BCUT2D eigenvalue weighted by Crippen LogP contribution is 2.43. The van der Waals surface area contributed by atoms with Crippen LogP contribution in [0.3, 0.4) is 0 Å². The molecule has 0 spiro atoms. The van der Waals surface area contributed by atoms with E-state index in [0.717, 1.165) is 43.2 Å². The summed E-state index contributed by atoms with van der Waals surface area (Å²) in [5.41, 5.74) is 2.21. The van der Waals surface area contributed by atoms with Crippen molar-refractivity contribution in [1.29, 1.82) is 0 Å². The molecule has 1 unspecified atom stereocenters. The van der Waals surface area contributed by atoms with Gasteiger partial charge in [0.15, 0.2) is 0 Å². The maximum atomic E-state index is 13.3. The van der Waals surface area contributed by atoms with Crippen LogP contribution in [0.15, 0.2) is 48.0 Å². The van der Waals surface area contributed by atoms with E-state index in [1.807, 2.05) is 38.1 Å². The predicted octanol–water partition coefficient (Wildman–Crippen LogP) is 5.16. The number of amides is 1. The van der Waals surface area contributed by atoms with Crippen molar-refractivity contribution in [3.05, 3.63) is 64.7 Å². The number of hydrogen-bond donors (Lipinski definition) is 1. The molecule has 2 fully saturated rings. The number of aryl methyl sites for hydroxylation is 1. The van der Waals surface area contributed by atoms with E-state index in [-0.39, 0.29) is 17.4 Å². The SMILES string of the molecule is CCOc1cccc(C2/C(=C(\O)c3ccc(OC)c(C)c3)C(=O)C(=O)N2C2CCCCC2)c1. The van der Waals surface area contributed by atoms with Crippen LogP contribution in [-0.4, -0.2) is 41.5 Å². The molecule has 1 saturated heterocycles. The minimum absolute atomic E-state index is 0.0288. The number of likely N-dealkylation sites (tertiary alicyclic amines) is 1. The van der Waals surface area contributed by atoms with E-state index in [4.69, 9.17) is 9.47 Å². The molecule has 6 heteroatoms. The van der Waals surface area contributed by atoms with Crippen molar-refractivity contribution >= 4 is 17.4 Å². The molecule has 1 aliphatic carbocycles. The van der Waals surface area contributed by atoms with Crippen LogP contribution in [0.1, 0.15) is 61.8 Å². The van der Waals surface area contributed by atoms with Gasteiger partial charge in [0, 0.05) is 11.6 Å². The number of Topliss-reactive ketones (excluding diaryl/α,β-unsaturated/α-hetero) is 1. The summed E-state index contributed by atoms with van der Waals surface area (Å²) in [6.45, 7) is 4.30. The summed E-state index contributed by atoms with van der Waals surface area (Å²) in [4.78, 5) is 28.3. The first-order chi connectivity index (χ1) is 16.0. The minimum atomic E-state index is -0.657. The fourth-order valence-electron chi connectivity index (χ4n) is 5.04. The number of carbonyl (C=O) groups excluding carboxylic acids is 2. The second-order valence-electron chi connectivity index (χ2n) is 8.69. The third kappa shape index (κ3) is 4.34. The Kier molecular flexibility index (Phi) is 6.72. The van der Waals surface area contributed by atoms with Gasteiger partial charge in [-0.1, -0.05) is 31.4 Å². The van der Waals surface area contributed by atoms with Gasteiger partial charge in [-0.15, -0.1) is 0 Å². The first-order valence-corrected chi connectivity index (χ1v) is 11.6. The normalized spacial score (nSPS) is 20.8. The molecule has 0 aromatic heterocycles. The Bertz CT molecular complexity index is 1080. The van der Waals surface area contributed by atoms with Gasteiger partial charge < -0.3 is 19.5 Å². The van der Waals surface area contributed by atoms with Crippen LogP contribution in [0.4, 0.5) is 0 Å². The molecule has 1 saturated carbocycles. The van der Waals surface area contributed by atoms with Crippen LogP contribution in [0.25, 0.3) is 5.76 Å². The molecule has 1 aliphatic heterocycles. The predicted molar refractivity (Wildman–Crippen MR) is 126 cm³/mol. The Balaban J connectivity index is 1.87. The molecule has 6 nitrogen and oxygen atoms in total. The summed E-state index contributed by atoms with van der Waals surface area (Å²) in [6.07, 6.45) is 4.90. The average molecular weight is 450 g/mol. The van der Waals surface area contributed by atoms with Gasteiger partial charge in [-0.25, -0.2) is 0 Å². The van der Waals surface area contributed by atoms with E-state index in [0.29, 0.717) is 23.7 Å². The molecule has 1 heterocycles. The molecular formula is C27H31NO5.